The van der Waals surface area contributed by atoms with Crippen LogP contribution in [0.25, 0.3) is 11.3 Å². The Kier molecular flexibility index (Phi) is 4.99. The largest absolute Gasteiger partial charge is 0.455 e. The monoisotopic (exact) mass is 381 g/mol. The van der Waals surface area contributed by atoms with Gasteiger partial charge in [0.15, 0.2) is 5.76 Å². The molecule has 26 heavy (non-hydrogen) atoms. The van der Waals surface area contributed by atoms with Crippen molar-refractivity contribution in [2.24, 2.45) is 0 Å². The molecule has 3 aromatic rings. The Labute approximate surface area is 151 Å². The van der Waals surface area contributed by atoms with Crippen LogP contribution in [0.4, 0.5) is 13.2 Å². The van der Waals surface area contributed by atoms with E-state index in [1.807, 2.05) is 0 Å². The number of alkyl halides is 3. The van der Waals surface area contributed by atoms with Gasteiger partial charge in [0, 0.05) is 16.7 Å². The van der Waals surface area contributed by atoms with Crippen molar-refractivity contribution in [3.63, 3.8) is 0 Å². The van der Waals surface area contributed by atoms with E-state index in [1.165, 1.54) is 6.07 Å². The van der Waals surface area contributed by atoms with E-state index in [0.717, 1.165) is 23.8 Å². The van der Waals surface area contributed by atoms with Gasteiger partial charge in [0.05, 0.1) is 11.1 Å². The molecule has 0 aliphatic carbocycles. The van der Waals surface area contributed by atoms with E-state index in [1.54, 1.807) is 30.3 Å². The second-order valence-electron chi connectivity index (χ2n) is 5.34. The molecule has 0 atom stereocenters. The van der Waals surface area contributed by atoms with Gasteiger partial charge in [0.2, 0.25) is 0 Å². The van der Waals surface area contributed by atoms with Crippen molar-refractivity contribution in [3.8, 4) is 11.3 Å². The molecule has 0 spiro atoms. The number of rotatable bonds is 4. The molecule has 2 aromatic carbocycles. The minimum Gasteiger partial charge on any atom is -0.455 e. The van der Waals surface area contributed by atoms with Crippen LogP contribution in [0.2, 0.25) is 5.02 Å². The summed E-state index contributed by atoms with van der Waals surface area (Å²) >= 11 is 5.81. The summed E-state index contributed by atoms with van der Waals surface area (Å²) in [6.07, 6.45) is -4.53. The predicted molar refractivity (Wildman–Crippen MR) is 87.5 cm³/mol. The molecular formula is C18H11ClF3NO3. The van der Waals surface area contributed by atoms with Crippen LogP contribution in [-0.4, -0.2) is 11.1 Å². The molecule has 0 fully saturated rings. The highest BCUT2D eigenvalue weighted by Crippen LogP contribution is 2.29. The molecule has 0 unspecified atom stereocenters. The number of benzene rings is 2. The minimum atomic E-state index is -4.53. The van der Waals surface area contributed by atoms with E-state index < -0.39 is 17.7 Å². The number of halogens is 4. The molecule has 0 radical (unpaired) electrons. The van der Waals surface area contributed by atoms with Crippen molar-refractivity contribution in [2.45, 2.75) is 12.8 Å². The van der Waals surface area contributed by atoms with E-state index in [9.17, 15) is 18.0 Å². The maximum absolute atomic E-state index is 12.7. The zero-order valence-corrected chi connectivity index (χ0v) is 13.8. The number of hydrogen-bond donors (Lipinski definition) is 0. The number of aromatic nitrogens is 1. The summed E-state index contributed by atoms with van der Waals surface area (Å²) in [6, 6.07) is 12.4. The van der Waals surface area contributed by atoms with Crippen LogP contribution in [0.1, 0.15) is 21.6 Å². The second-order valence-corrected chi connectivity index (χ2v) is 5.78. The third-order valence-corrected chi connectivity index (χ3v) is 3.72. The highest BCUT2D eigenvalue weighted by atomic mass is 35.5. The minimum absolute atomic E-state index is 0.193. The summed E-state index contributed by atoms with van der Waals surface area (Å²) < 4.78 is 48.2. The average molecular weight is 382 g/mol. The number of nitrogens with zero attached hydrogens (tertiary/aromatic N) is 1. The van der Waals surface area contributed by atoms with Crippen molar-refractivity contribution < 1.29 is 27.2 Å². The zero-order chi connectivity index (χ0) is 18.7. The highest BCUT2D eigenvalue weighted by molar-refractivity contribution is 6.30. The summed E-state index contributed by atoms with van der Waals surface area (Å²) in [5.74, 6) is -0.432. The van der Waals surface area contributed by atoms with Crippen molar-refractivity contribution in [1.29, 1.82) is 0 Å². The quantitative estimate of drug-likeness (QED) is 0.570. The smallest absolute Gasteiger partial charge is 0.416 e. The first-order chi connectivity index (χ1) is 12.3. The van der Waals surface area contributed by atoms with E-state index in [4.69, 9.17) is 20.9 Å². The van der Waals surface area contributed by atoms with Crippen LogP contribution in [0.5, 0.6) is 0 Å². The molecule has 4 nitrogen and oxygen atoms in total. The Hall–Kier alpha value is -2.80. The molecule has 1 heterocycles. The standard InChI is InChI=1S/C18H11ClF3NO3/c19-14-6-4-11(5-7-14)16-9-15(23-26-16)10-25-17(24)12-2-1-3-13(8-12)18(20,21)22/h1-9H,10H2. The number of carbonyl (C=O) groups is 1. The van der Waals surface area contributed by atoms with E-state index >= 15 is 0 Å². The van der Waals surface area contributed by atoms with Crippen molar-refractivity contribution >= 4 is 17.6 Å². The number of hydrogen-bond acceptors (Lipinski definition) is 4. The maximum Gasteiger partial charge on any atom is 0.416 e. The Morgan fingerprint density at radius 3 is 2.54 bits per heavy atom. The van der Waals surface area contributed by atoms with Crippen molar-refractivity contribution in [2.75, 3.05) is 0 Å². The van der Waals surface area contributed by atoms with Gasteiger partial charge in [-0.05, 0) is 42.5 Å². The van der Waals surface area contributed by atoms with E-state index in [-0.39, 0.29) is 12.2 Å². The second kappa shape index (κ2) is 7.21. The molecule has 0 bridgehead atoms. The van der Waals surface area contributed by atoms with Gasteiger partial charge >= 0.3 is 12.1 Å². The third-order valence-electron chi connectivity index (χ3n) is 3.46. The Balaban J connectivity index is 1.66. The van der Waals surface area contributed by atoms with Crippen LogP contribution in [0, 0.1) is 0 Å². The first-order valence-electron chi connectivity index (χ1n) is 7.39. The normalized spacial score (nSPS) is 11.4. The fraction of sp³-hybridized carbons (Fsp3) is 0.111. The van der Waals surface area contributed by atoms with Gasteiger partial charge in [-0.25, -0.2) is 4.79 Å². The van der Waals surface area contributed by atoms with Crippen LogP contribution in [0.15, 0.2) is 59.1 Å². The van der Waals surface area contributed by atoms with Gasteiger partial charge in [-0.1, -0.05) is 22.8 Å². The first-order valence-corrected chi connectivity index (χ1v) is 7.76. The summed E-state index contributed by atoms with van der Waals surface area (Å²) in [6.45, 7) is -0.230. The maximum atomic E-state index is 12.7. The Morgan fingerprint density at radius 1 is 1.12 bits per heavy atom. The van der Waals surface area contributed by atoms with Crippen molar-refractivity contribution in [3.05, 3.63) is 76.4 Å². The molecule has 134 valence electrons. The summed E-state index contributed by atoms with van der Waals surface area (Å²) in [4.78, 5) is 11.9. The first kappa shape index (κ1) is 18.0. The Morgan fingerprint density at radius 2 is 1.85 bits per heavy atom. The molecular weight excluding hydrogens is 371 g/mol. The third kappa shape index (κ3) is 4.23. The molecule has 0 saturated carbocycles. The number of ether oxygens (including phenoxy) is 1. The lowest BCUT2D eigenvalue weighted by Gasteiger charge is -2.08. The Bertz CT molecular complexity index is 920. The van der Waals surface area contributed by atoms with Crippen LogP contribution in [0.3, 0.4) is 0 Å². The zero-order valence-electron chi connectivity index (χ0n) is 13.1. The lowest BCUT2D eigenvalue weighted by molar-refractivity contribution is -0.137. The summed E-state index contributed by atoms with van der Waals surface area (Å²) in [7, 11) is 0. The SMILES string of the molecule is O=C(OCc1cc(-c2ccc(Cl)cc2)on1)c1cccc(C(F)(F)F)c1. The van der Waals surface area contributed by atoms with Gasteiger partial charge in [-0.3, -0.25) is 0 Å². The number of carbonyl (C=O) groups excluding carboxylic acids is 1. The molecule has 1 aromatic heterocycles. The van der Waals surface area contributed by atoms with Crippen LogP contribution < -0.4 is 0 Å². The predicted octanol–water partition coefficient (Wildman–Crippen LogP) is 5.37. The molecule has 3 rings (SSSR count). The van der Waals surface area contributed by atoms with Gasteiger partial charge in [0.25, 0.3) is 0 Å². The summed E-state index contributed by atoms with van der Waals surface area (Å²) in [5, 5.41) is 4.34. The molecule has 8 heteroatoms. The molecule has 0 N–H and O–H groups in total. The van der Waals surface area contributed by atoms with E-state index in [2.05, 4.69) is 5.16 Å². The highest BCUT2D eigenvalue weighted by Gasteiger charge is 2.31. The van der Waals surface area contributed by atoms with Gasteiger partial charge in [0.1, 0.15) is 12.3 Å². The lowest BCUT2D eigenvalue weighted by Crippen LogP contribution is -2.09. The molecule has 0 aliphatic heterocycles. The molecule has 0 amide bonds. The van der Waals surface area contributed by atoms with E-state index in [0.29, 0.717) is 16.5 Å². The van der Waals surface area contributed by atoms with Gasteiger partial charge in [-0.15, -0.1) is 0 Å². The molecule has 0 saturated heterocycles. The molecule has 0 aliphatic rings. The number of esters is 1. The van der Waals surface area contributed by atoms with Crippen LogP contribution >= 0.6 is 11.6 Å². The average Bonchev–Trinajstić information content (AvgIpc) is 3.08. The lowest BCUT2D eigenvalue weighted by atomic mass is 10.1. The fourth-order valence-corrected chi connectivity index (χ4v) is 2.30. The van der Waals surface area contributed by atoms with Gasteiger partial charge < -0.3 is 9.26 Å². The van der Waals surface area contributed by atoms with Gasteiger partial charge in [-0.2, -0.15) is 13.2 Å². The topological polar surface area (TPSA) is 52.3 Å². The fourth-order valence-electron chi connectivity index (χ4n) is 2.18. The van der Waals surface area contributed by atoms with Crippen molar-refractivity contribution in [1.82, 2.24) is 5.16 Å². The van der Waals surface area contributed by atoms with Crippen LogP contribution in [-0.2, 0) is 17.5 Å². The summed E-state index contributed by atoms with van der Waals surface area (Å²) in [5.41, 5.74) is -0.0488.